The second-order valence-electron chi connectivity index (χ2n) is 11.9. The molecule has 41 heavy (non-hydrogen) atoms. The first kappa shape index (κ1) is 27.1. The van der Waals surface area contributed by atoms with Crippen molar-refractivity contribution < 1.29 is 18.8 Å². The molecule has 1 amide bonds. The highest BCUT2D eigenvalue weighted by Crippen LogP contribution is 2.44. The van der Waals surface area contributed by atoms with Crippen LogP contribution in [0.25, 0.3) is 28.0 Å². The number of alkyl carbamates (subject to hydrolysis) is 1. The van der Waals surface area contributed by atoms with E-state index in [9.17, 15) is 4.79 Å². The normalized spacial score (nSPS) is 17.4. The Bertz CT molecular complexity index is 1600. The lowest BCUT2D eigenvalue weighted by Crippen LogP contribution is -2.41. The predicted molar refractivity (Wildman–Crippen MR) is 165 cm³/mol. The SMILES string of the molecule is CC1(C)OB(C(=Cc2ccc3cc(N)ccc3c2)CNC(=O)OCC2c3ccccc3-c3ccccc32)OC1(C)C. The molecule has 0 aromatic heterocycles. The number of benzene rings is 4. The fourth-order valence-corrected chi connectivity index (χ4v) is 5.61. The second kappa shape index (κ2) is 10.4. The highest BCUT2D eigenvalue weighted by molar-refractivity contribution is 6.56. The maximum Gasteiger partial charge on any atom is 0.492 e. The Morgan fingerprint density at radius 1 is 0.878 bits per heavy atom. The molecule has 1 saturated heterocycles. The topological polar surface area (TPSA) is 82.8 Å². The molecule has 1 aliphatic heterocycles. The molecule has 0 atom stereocenters. The minimum Gasteiger partial charge on any atom is -0.449 e. The summed E-state index contributed by atoms with van der Waals surface area (Å²) in [5.74, 6) is -0.00195. The lowest BCUT2D eigenvalue weighted by atomic mass is 9.77. The van der Waals surface area contributed by atoms with E-state index in [1.807, 2.05) is 88.4 Å². The summed E-state index contributed by atoms with van der Waals surface area (Å²) < 4.78 is 18.5. The molecular weight excluding hydrogens is 511 g/mol. The van der Waals surface area contributed by atoms with Gasteiger partial charge in [0.15, 0.2) is 0 Å². The van der Waals surface area contributed by atoms with Gasteiger partial charge in [-0.25, -0.2) is 4.79 Å². The Labute approximate surface area is 241 Å². The molecule has 208 valence electrons. The number of carbonyl (C=O) groups excluding carboxylic acids is 1. The zero-order valence-electron chi connectivity index (χ0n) is 23.9. The third kappa shape index (κ3) is 5.23. The van der Waals surface area contributed by atoms with E-state index in [1.165, 1.54) is 22.3 Å². The number of amides is 1. The Hall–Kier alpha value is -4.07. The first-order valence-electron chi connectivity index (χ1n) is 14.1. The zero-order valence-corrected chi connectivity index (χ0v) is 23.9. The minimum atomic E-state index is -0.615. The molecule has 0 spiro atoms. The van der Waals surface area contributed by atoms with Crippen molar-refractivity contribution in [3.63, 3.8) is 0 Å². The van der Waals surface area contributed by atoms with Gasteiger partial charge < -0.3 is 25.1 Å². The van der Waals surface area contributed by atoms with Crippen LogP contribution in [0.1, 0.15) is 50.3 Å². The Kier molecular flexibility index (Phi) is 6.88. The largest absolute Gasteiger partial charge is 0.492 e. The Morgan fingerprint density at radius 2 is 1.46 bits per heavy atom. The van der Waals surface area contributed by atoms with E-state index >= 15 is 0 Å². The molecule has 4 aromatic rings. The summed E-state index contributed by atoms with van der Waals surface area (Å²) in [5, 5.41) is 5.09. The number of nitrogen functional groups attached to an aromatic ring is 1. The minimum absolute atomic E-state index is 0.00195. The monoisotopic (exact) mass is 546 g/mol. The van der Waals surface area contributed by atoms with E-state index in [2.05, 4.69) is 35.6 Å². The first-order valence-corrected chi connectivity index (χ1v) is 14.1. The lowest BCUT2D eigenvalue weighted by molar-refractivity contribution is 0.00578. The van der Waals surface area contributed by atoms with Crippen LogP contribution in [0, 0.1) is 0 Å². The van der Waals surface area contributed by atoms with E-state index in [4.69, 9.17) is 19.8 Å². The number of hydrogen-bond acceptors (Lipinski definition) is 5. The van der Waals surface area contributed by atoms with Gasteiger partial charge in [0.1, 0.15) is 6.61 Å². The van der Waals surface area contributed by atoms with Gasteiger partial charge in [0.2, 0.25) is 0 Å². The summed E-state index contributed by atoms with van der Waals surface area (Å²) in [6.45, 7) is 8.54. The molecule has 6 nitrogen and oxygen atoms in total. The van der Waals surface area contributed by atoms with Gasteiger partial charge in [0, 0.05) is 18.2 Å². The van der Waals surface area contributed by atoms with Crippen molar-refractivity contribution >= 4 is 35.7 Å². The molecule has 6 rings (SSSR count). The maximum atomic E-state index is 13.0. The number of ether oxygens (including phenoxy) is 1. The van der Waals surface area contributed by atoms with Crippen LogP contribution in [0.2, 0.25) is 0 Å². The number of anilines is 1. The van der Waals surface area contributed by atoms with Crippen LogP contribution in [0.5, 0.6) is 0 Å². The smallest absolute Gasteiger partial charge is 0.449 e. The van der Waals surface area contributed by atoms with Crippen molar-refractivity contribution in [2.75, 3.05) is 18.9 Å². The van der Waals surface area contributed by atoms with E-state index in [0.29, 0.717) is 0 Å². The second-order valence-corrected chi connectivity index (χ2v) is 11.9. The summed E-state index contributed by atoms with van der Waals surface area (Å²) in [7, 11) is -0.615. The van der Waals surface area contributed by atoms with Crippen LogP contribution in [-0.2, 0) is 14.0 Å². The molecule has 1 heterocycles. The molecule has 0 saturated carbocycles. The third-order valence-corrected chi connectivity index (χ3v) is 8.58. The number of carbonyl (C=O) groups is 1. The van der Waals surface area contributed by atoms with Crippen molar-refractivity contribution in [3.05, 3.63) is 107 Å². The van der Waals surface area contributed by atoms with Gasteiger partial charge in [-0.3, -0.25) is 0 Å². The highest BCUT2D eigenvalue weighted by Gasteiger charge is 2.52. The summed E-state index contributed by atoms with van der Waals surface area (Å²) in [6, 6.07) is 28.6. The molecule has 0 radical (unpaired) electrons. The lowest BCUT2D eigenvalue weighted by Gasteiger charge is -2.32. The Morgan fingerprint density at radius 3 is 2.12 bits per heavy atom. The number of nitrogens with one attached hydrogen (secondary N) is 1. The molecule has 2 aliphatic rings. The molecule has 4 aromatic carbocycles. The molecule has 0 bridgehead atoms. The van der Waals surface area contributed by atoms with Crippen LogP contribution in [0.15, 0.2) is 90.4 Å². The fraction of sp³-hybridized carbons (Fsp3) is 0.265. The average molecular weight is 546 g/mol. The molecule has 0 unspecified atom stereocenters. The van der Waals surface area contributed by atoms with Crippen LogP contribution in [0.3, 0.4) is 0 Å². The number of nitrogens with two attached hydrogens (primary N) is 1. The molecule has 1 fully saturated rings. The molecule has 1 aliphatic carbocycles. The maximum absolute atomic E-state index is 13.0. The standard InChI is InChI=1S/C34H35BN2O4/c1-33(2)34(3,4)41-35(40-33)25(18-22-13-14-24-19-26(36)16-15-23(24)17-22)20-37-32(38)39-21-31-29-11-7-5-9-27(29)28-10-6-8-12-30(28)31/h5-19,31H,20-21,36H2,1-4H3,(H,37,38). The number of hydrogen-bond donors (Lipinski definition) is 2. The van der Waals surface area contributed by atoms with Gasteiger partial charge in [-0.2, -0.15) is 0 Å². The van der Waals surface area contributed by atoms with Crippen molar-refractivity contribution in [1.29, 1.82) is 0 Å². The third-order valence-electron chi connectivity index (χ3n) is 8.58. The summed E-state index contributed by atoms with van der Waals surface area (Å²) in [6.07, 6.45) is 1.53. The van der Waals surface area contributed by atoms with E-state index in [0.717, 1.165) is 27.5 Å². The number of rotatable bonds is 6. The zero-order chi connectivity index (χ0) is 28.8. The van der Waals surface area contributed by atoms with Gasteiger partial charge >= 0.3 is 13.2 Å². The molecule has 7 heteroatoms. The predicted octanol–water partition coefficient (Wildman–Crippen LogP) is 6.98. The average Bonchev–Trinajstić information content (AvgIpc) is 3.38. The quantitative estimate of drug-likeness (QED) is 0.202. The van der Waals surface area contributed by atoms with Gasteiger partial charge in [0.25, 0.3) is 0 Å². The van der Waals surface area contributed by atoms with Crippen molar-refractivity contribution in [1.82, 2.24) is 5.32 Å². The van der Waals surface area contributed by atoms with Crippen LogP contribution >= 0.6 is 0 Å². The van der Waals surface area contributed by atoms with Crippen LogP contribution in [0.4, 0.5) is 10.5 Å². The summed E-state index contributed by atoms with van der Waals surface area (Å²) >= 11 is 0. The van der Waals surface area contributed by atoms with Crippen molar-refractivity contribution in [2.45, 2.75) is 44.8 Å². The first-order chi connectivity index (χ1) is 19.6. The molecular formula is C34H35BN2O4. The van der Waals surface area contributed by atoms with Crippen LogP contribution in [-0.4, -0.2) is 37.6 Å². The van der Waals surface area contributed by atoms with Crippen LogP contribution < -0.4 is 11.1 Å². The number of fused-ring (bicyclic) bond motifs is 4. The van der Waals surface area contributed by atoms with Gasteiger partial charge in [-0.05, 0) is 90.0 Å². The van der Waals surface area contributed by atoms with E-state index in [1.54, 1.807) is 0 Å². The van der Waals surface area contributed by atoms with Crippen molar-refractivity contribution in [2.24, 2.45) is 0 Å². The van der Waals surface area contributed by atoms with Gasteiger partial charge in [-0.1, -0.05) is 72.8 Å². The van der Waals surface area contributed by atoms with Gasteiger partial charge in [-0.15, -0.1) is 0 Å². The van der Waals surface area contributed by atoms with Crippen molar-refractivity contribution in [3.8, 4) is 11.1 Å². The van der Waals surface area contributed by atoms with E-state index in [-0.39, 0.29) is 19.1 Å². The summed E-state index contributed by atoms with van der Waals surface area (Å²) in [5.41, 5.74) is 12.2. The summed E-state index contributed by atoms with van der Waals surface area (Å²) in [4.78, 5) is 13.0. The fourth-order valence-electron chi connectivity index (χ4n) is 5.61. The van der Waals surface area contributed by atoms with E-state index < -0.39 is 24.4 Å². The van der Waals surface area contributed by atoms with Gasteiger partial charge in [0.05, 0.1) is 11.2 Å². The highest BCUT2D eigenvalue weighted by atomic mass is 16.7. The Balaban J connectivity index is 1.20. The molecule has 3 N–H and O–H groups in total.